The highest BCUT2D eigenvalue weighted by Crippen LogP contribution is 2.34. The average Bonchev–Trinajstić information content (AvgIpc) is 3.45. The maximum absolute atomic E-state index is 13.7. The van der Waals surface area contributed by atoms with Gasteiger partial charge in [0.2, 0.25) is 11.6 Å². The number of nitrogens with one attached hydrogen (secondary N) is 1. The zero-order valence-electron chi connectivity index (χ0n) is 23.1. The van der Waals surface area contributed by atoms with E-state index in [1.165, 1.54) is 18.3 Å². The van der Waals surface area contributed by atoms with Crippen molar-refractivity contribution in [3.63, 3.8) is 0 Å². The maximum atomic E-state index is 13.7. The first-order valence-electron chi connectivity index (χ1n) is 13.3. The van der Waals surface area contributed by atoms with Gasteiger partial charge in [-0.2, -0.15) is 9.78 Å². The van der Waals surface area contributed by atoms with Crippen molar-refractivity contribution in [1.82, 2.24) is 9.66 Å². The van der Waals surface area contributed by atoms with Crippen molar-refractivity contribution in [3.8, 4) is 17.3 Å². The highest BCUT2D eigenvalue weighted by atomic mass is 79.9. The Labute approximate surface area is 257 Å². The van der Waals surface area contributed by atoms with Crippen molar-refractivity contribution in [2.24, 2.45) is 5.10 Å². The average molecular weight is 652 g/mol. The molecule has 6 rings (SSSR count). The number of fused-ring (bicyclic) bond motifs is 2. The van der Waals surface area contributed by atoms with Crippen LogP contribution >= 0.6 is 15.9 Å². The molecule has 12 heteroatoms. The van der Waals surface area contributed by atoms with Gasteiger partial charge in [-0.1, -0.05) is 64.0 Å². The summed E-state index contributed by atoms with van der Waals surface area (Å²) in [6.07, 6.45) is 1.25. The van der Waals surface area contributed by atoms with Crippen LogP contribution in [0.15, 0.2) is 110 Å². The molecule has 11 nitrogen and oxygen atoms in total. The minimum absolute atomic E-state index is 0.130. The molecule has 0 spiro atoms. The van der Waals surface area contributed by atoms with Gasteiger partial charge in [0.15, 0.2) is 12.4 Å². The van der Waals surface area contributed by atoms with Gasteiger partial charge in [0.1, 0.15) is 5.58 Å². The zero-order chi connectivity index (χ0) is 30.8. The predicted molar refractivity (Wildman–Crippen MR) is 170 cm³/mol. The van der Waals surface area contributed by atoms with E-state index in [-0.39, 0.29) is 17.1 Å². The van der Waals surface area contributed by atoms with Gasteiger partial charge in [0.25, 0.3) is 11.5 Å². The largest absolute Gasteiger partial charge is 0.476 e. The molecule has 1 amide bonds. The summed E-state index contributed by atoms with van der Waals surface area (Å²) in [5.74, 6) is -0.287. The minimum Gasteiger partial charge on any atom is -0.476 e. The Morgan fingerprint density at radius 1 is 1.09 bits per heavy atom. The van der Waals surface area contributed by atoms with Crippen LogP contribution < -0.4 is 15.6 Å². The van der Waals surface area contributed by atoms with E-state index in [1.807, 2.05) is 37.3 Å². The van der Waals surface area contributed by atoms with Gasteiger partial charge < -0.3 is 14.5 Å². The Kier molecular flexibility index (Phi) is 7.73. The molecule has 1 N–H and O–H groups in total. The van der Waals surface area contributed by atoms with Gasteiger partial charge in [0, 0.05) is 27.2 Å². The molecule has 0 aliphatic carbocycles. The number of amides is 1. The number of benzene rings is 4. The molecule has 0 atom stereocenters. The summed E-state index contributed by atoms with van der Waals surface area (Å²) < 4.78 is 13.1. The van der Waals surface area contributed by atoms with E-state index in [0.29, 0.717) is 32.4 Å². The number of carbonyl (C=O) groups is 1. The summed E-state index contributed by atoms with van der Waals surface area (Å²) in [7, 11) is 0. The third-order valence-corrected chi connectivity index (χ3v) is 7.11. The fraction of sp³-hybridized carbons (Fsp3) is 0.0625. The molecule has 6 aromatic rings. The highest BCUT2D eigenvalue weighted by Gasteiger charge is 2.22. The zero-order valence-corrected chi connectivity index (χ0v) is 24.6. The molecular weight excluding hydrogens is 630 g/mol. The van der Waals surface area contributed by atoms with Crippen LogP contribution in [-0.2, 0) is 4.79 Å². The van der Waals surface area contributed by atoms with Crippen LogP contribution in [0, 0.1) is 17.0 Å². The van der Waals surface area contributed by atoms with E-state index < -0.39 is 28.7 Å². The number of anilines is 1. The first-order chi connectivity index (χ1) is 21.3. The Morgan fingerprint density at radius 3 is 2.61 bits per heavy atom. The standard InChI is InChI=1S/C32H22BrN5O6/c1-19-10-12-23(13-11-19)35-29(39)18-43-30-21(14-22(33)16-26(30)38(41)42)17-34-37-31(28-15-20-6-2-5-9-27(20)44-28)36-25-8-4-3-7-24(25)32(37)40/h2-17H,18H2,1H3,(H,35,39). The van der Waals surface area contributed by atoms with Crippen molar-refractivity contribution in [2.75, 3.05) is 11.9 Å². The number of nitrogens with zero attached hydrogens (tertiary/aromatic N) is 4. The number of carbonyl (C=O) groups excluding carboxylic acids is 1. The molecular formula is C32H22BrN5O6. The van der Waals surface area contributed by atoms with Crippen LogP contribution in [0.1, 0.15) is 11.1 Å². The van der Waals surface area contributed by atoms with Crippen molar-refractivity contribution in [1.29, 1.82) is 0 Å². The molecule has 0 bridgehead atoms. The molecule has 0 saturated carbocycles. The molecule has 2 heterocycles. The third-order valence-electron chi connectivity index (χ3n) is 6.65. The van der Waals surface area contributed by atoms with Gasteiger partial charge in [-0.15, -0.1) is 0 Å². The number of para-hydroxylation sites is 2. The normalized spacial score (nSPS) is 11.3. The second-order valence-electron chi connectivity index (χ2n) is 9.77. The van der Waals surface area contributed by atoms with E-state index in [0.717, 1.165) is 15.6 Å². The van der Waals surface area contributed by atoms with Crippen LogP contribution in [0.3, 0.4) is 0 Å². The summed E-state index contributed by atoms with van der Waals surface area (Å²) in [5.41, 5.74) is 1.89. The second kappa shape index (κ2) is 11.9. The van der Waals surface area contributed by atoms with Crippen molar-refractivity contribution >= 4 is 61.3 Å². The van der Waals surface area contributed by atoms with Crippen LogP contribution in [0.5, 0.6) is 5.75 Å². The lowest BCUT2D eigenvalue weighted by molar-refractivity contribution is -0.385. The number of nitro benzene ring substituents is 1. The first kappa shape index (κ1) is 28.5. The predicted octanol–water partition coefficient (Wildman–Crippen LogP) is 6.69. The maximum Gasteiger partial charge on any atom is 0.312 e. The van der Waals surface area contributed by atoms with Crippen molar-refractivity contribution < 1.29 is 18.9 Å². The van der Waals surface area contributed by atoms with E-state index in [1.54, 1.807) is 48.5 Å². The number of rotatable bonds is 8. The second-order valence-corrected chi connectivity index (χ2v) is 10.7. The molecule has 0 fully saturated rings. The molecule has 0 saturated heterocycles. The number of hydrogen-bond acceptors (Lipinski definition) is 8. The lowest BCUT2D eigenvalue weighted by Crippen LogP contribution is -2.21. The van der Waals surface area contributed by atoms with Gasteiger partial charge in [-0.3, -0.25) is 19.7 Å². The fourth-order valence-corrected chi connectivity index (χ4v) is 5.03. The molecule has 2 aromatic heterocycles. The number of furan rings is 1. The summed E-state index contributed by atoms with van der Waals surface area (Å²) in [6, 6.07) is 25.9. The van der Waals surface area contributed by atoms with E-state index in [4.69, 9.17) is 9.15 Å². The van der Waals surface area contributed by atoms with Crippen LogP contribution in [0.25, 0.3) is 33.5 Å². The summed E-state index contributed by atoms with van der Waals surface area (Å²) >= 11 is 3.29. The van der Waals surface area contributed by atoms with Gasteiger partial charge in [-0.25, -0.2) is 4.98 Å². The SMILES string of the molecule is Cc1ccc(NC(=O)COc2c(C=Nn3c(-c4cc5ccccc5o4)nc4ccccc4c3=O)cc(Br)cc2[N+](=O)[O-])cc1. The quantitative estimate of drug-likeness (QED) is 0.110. The number of nitro groups is 1. The highest BCUT2D eigenvalue weighted by molar-refractivity contribution is 9.10. The number of halogens is 1. The Morgan fingerprint density at radius 2 is 1.84 bits per heavy atom. The van der Waals surface area contributed by atoms with Gasteiger partial charge >= 0.3 is 5.69 Å². The monoisotopic (exact) mass is 651 g/mol. The van der Waals surface area contributed by atoms with E-state index in [2.05, 4.69) is 31.3 Å². The van der Waals surface area contributed by atoms with Crippen LogP contribution in [0.2, 0.25) is 0 Å². The summed E-state index contributed by atoms with van der Waals surface area (Å²) in [6.45, 7) is 1.41. The number of aryl methyl sites for hydroxylation is 1. The molecule has 0 radical (unpaired) electrons. The smallest absolute Gasteiger partial charge is 0.312 e. The Bertz CT molecular complexity index is 2120. The van der Waals surface area contributed by atoms with Crippen LogP contribution in [-0.4, -0.2) is 33.3 Å². The molecule has 218 valence electrons. The Hall–Kier alpha value is -5.62. The van der Waals surface area contributed by atoms with Gasteiger partial charge in [-0.05, 0) is 49.4 Å². The molecule has 0 unspecified atom stereocenters. The summed E-state index contributed by atoms with van der Waals surface area (Å²) in [5, 5.41) is 20.2. The fourth-order valence-electron chi connectivity index (χ4n) is 4.56. The number of ether oxygens (including phenoxy) is 1. The lowest BCUT2D eigenvalue weighted by atomic mass is 10.2. The molecule has 44 heavy (non-hydrogen) atoms. The topological polar surface area (TPSA) is 142 Å². The van der Waals surface area contributed by atoms with Crippen molar-refractivity contribution in [2.45, 2.75) is 6.92 Å². The minimum atomic E-state index is -0.626. The number of aromatic nitrogens is 2. The molecule has 4 aromatic carbocycles. The first-order valence-corrected chi connectivity index (χ1v) is 14.1. The van der Waals surface area contributed by atoms with Crippen LogP contribution in [0.4, 0.5) is 11.4 Å². The Balaban J connectivity index is 1.41. The van der Waals surface area contributed by atoms with E-state index >= 15 is 0 Å². The summed E-state index contributed by atoms with van der Waals surface area (Å²) in [4.78, 5) is 42.3. The van der Waals surface area contributed by atoms with E-state index in [9.17, 15) is 19.7 Å². The molecule has 0 aliphatic rings. The molecule has 0 aliphatic heterocycles. The van der Waals surface area contributed by atoms with Crippen molar-refractivity contribution in [3.05, 3.63) is 127 Å². The number of hydrogen-bond donors (Lipinski definition) is 1. The third kappa shape index (κ3) is 5.83. The van der Waals surface area contributed by atoms with Gasteiger partial charge in [0.05, 0.1) is 22.0 Å². The lowest BCUT2D eigenvalue weighted by Gasteiger charge is -2.11.